The van der Waals surface area contributed by atoms with Crippen LogP contribution < -0.4 is 0 Å². The Kier molecular flexibility index (Phi) is 4.76. The SMILES string of the molecule is CC#CCCC(=O)C1(c2ccccc2)CCOCC1. The molecule has 0 aliphatic carbocycles. The Morgan fingerprint density at radius 2 is 1.95 bits per heavy atom. The lowest BCUT2D eigenvalue weighted by Crippen LogP contribution is -2.41. The van der Waals surface area contributed by atoms with E-state index in [1.165, 1.54) is 0 Å². The average molecular weight is 256 g/mol. The monoisotopic (exact) mass is 256 g/mol. The molecule has 100 valence electrons. The number of hydrogen-bond donors (Lipinski definition) is 0. The molecule has 1 aliphatic rings. The number of carbonyl (C=O) groups is 1. The van der Waals surface area contributed by atoms with Crippen molar-refractivity contribution in [2.45, 2.75) is 38.0 Å². The predicted molar refractivity (Wildman–Crippen MR) is 75.9 cm³/mol. The second kappa shape index (κ2) is 6.54. The van der Waals surface area contributed by atoms with E-state index in [0.717, 1.165) is 18.4 Å². The van der Waals surface area contributed by atoms with Crippen LogP contribution in [0.15, 0.2) is 30.3 Å². The van der Waals surface area contributed by atoms with Gasteiger partial charge in [0.15, 0.2) is 0 Å². The first-order valence-corrected chi connectivity index (χ1v) is 6.86. The number of ether oxygens (including phenoxy) is 1. The summed E-state index contributed by atoms with van der Waals surface area (Å²) in [6.07, 6.45) is 2.77. The fraction of sp³-hybridized carbons (Fsp3) is 0.471. The van der Waals surface area contributed by atoms with Crippen LogP contribution >= 0.6 is 0 Å². The second-order valence-corrected chi connectivity index (χ2v) is 4.91. The van der Waals surface area contributed by atoms with Crippen LogP contribution in [-0.2, 0) is 14.9 Å². The molecule has 2 nitrogen and oxygen atoms in total. The number of carbonyl (C=O) groups excluding carboxylic acids is 1. The van der Waals surface area contributed by atoms with Crippen LogP contribution in [0, 0.1) is 11.8 Å². The molecule has 1 heterocycles. The Morgan fingerprint density at radius 1 is 1.26 bits per heavy atom. The standard InChI is InChI=1S/C17H20O2/c1-2-3-5-10-16(18)17(11-13-19-14-12-17)15-8-6-4-7-9-15/h4,6-9H,5,10-14H2,1H3. The lowest BCUT2D eigenvalue weighted by atomic mass is 9.70. The summed E-state index contributed by atoms with van der Waals surface area (Å²) in [6.45, 7) is 3.14. The quantitative estimate of drug-likeness (QED) is 0.774. The maximum atomic E-state index is 12.7. The van der Waals surface area contributed by atoms with Gasteiger partial charge in [-0.2, -0.15) is 0 Å². The fourth-order valence-electron chi connectivity index (χ4n) is 2.75. The van der Waals surface area contributed by atoms with Crippen molar-refractivity contribution in [1.29, 1.82) is 0 Å². The van der Waals surface area contributed by atoms with Gasteiger partial charge >= 0.3 is 0 Å². The van der Waals surface area contributed by atoms with Crippen LogP contribution in [0.4, 0.5) is 0 Å². The molecule has 1 aromatic carbocycles. The van der Waals surface area contributed by atoms with Crippen molar-refractivity contribution in [2.75, 3.05) is 13.2 Å². The number of benzene rings is 1. The van der Waals surface area contributed by atoms with Crippen molar-refractivity contribution < 1.29 is 9.53 Å². The number of Topliss-reactive ketones (excluding diaryl/α,β-unsaturated/α-hetero) is 1. The van der Waals surface area contributed by atoms with E-state index < -0.39 is 0 Å². The molecule has 1 aliphatic heterocycles. The molecule has 1 aromatic rings. The molecular formula is C17H20O2. The van der Waals surface area contributed by atoms with Crippen LogP contribution in [0.25, 0.3) is 0 Å². The first kappa shape index (κ1) is 13.8. The van der Waals surface area contributed by atoms with Gasteiger partial charge in [0.1, 0.15) is 5.78 Å². The molecular weight excluding hydrogens is 236 g/mol. The van der Waals surface area contributed by atoms with E-state index in [9.17, 15) is 4.79 Å². The molecule has 0 spiro atoms. The van der Waals surface area contributed by atoms with E-state index in [1.807, 2.05) is 25.1 Å². The summed E-state index contributed by atoms with van der Waals surface area (Å²) in [6, 6.07) is 10.1. The van der Waals surface area contributed by atoms with E-state index in [4.69, 9.17) is 4.74 Å². The first-order chi connectivity index (χ1) is 9.29. The van der Waals surface area contributed by atoms with Crippen molar-refractivity contribution >= 4 is 5.78 Å². The molecule has 1 fully saturated rings. The molecule has 0 saturated carbocycles. The van der Waals surface area contributed by atoms with E-state index in [1.54, 1.807) is 0 Å². The molecule has 0 unspecified atom stereocenters. The first-order valence-electron chi connectivity index (χ1n) is 6.86. The van der Waals surface area contributed by atoms with Gasteiger partial charge in [-0.3, -0.25) is 4.79 Å². The fourth-order valence-corrected chi connectivity index (χ4v) is 2.75. The van der Waals surface area contributed by atoms with Crippen molar-refractivity contribution in [1.82, 2.24) is 0 Å². The summed E-state index contributed by atoms with van der Waals surface area (Å²) in [5, 5.41) is 0. The van der Waals surface area contributed by atoms with Gasteiger partial charge in [-0.15, -0.1) is 11.8 Å². The maximum absolute atomic E-state index is 12.7. The summed E-state index contributed by atoms with van der Waals surface area (Å²) in [4.78, 5) is 12.7. The van der Waals surface area contributed by atoms with Gasteiger partial charge < -0.3 is 4.74 Å². The Morgan fingerprint density at radius 3 is 2.58 bits per heavy atom. The second-order valence-electron chi connectivity index (χ2n) is 4.91. The molecule has 0 radical (unpaired) electrons. The van der Waals surface area contributed by atoms with Crippen LogP contribution in [0.1, 0.15) is 38.2 Å². The third-order valence-electron chi connectivity index (χ3n) is 3.86. The molecule has 0 aromatic heterocycles. The smallest absolute Gasteiger partial charge is 0.144 e. The Balaban J connectivity index is 2.23. The third kappa shape index (κ3) is 3.05. The van der Waals surface area contributed by atoms with Crippen molar-refractivity contribution in [3.8, 4) is 11.8 Å². The third-order valence-corrected chi connectivity index (χ3v) is 3.86. The van der Waals surface area contributed by atoms with Gasteiger partial charge in [0.2, 0.25) is 0 Å². The van der Waals surface area contributed by atoms with Crippen LogP contribution in [0.2, 0.25) is 0 Å². The normalized spacial score (nSPS) is 17.3. The molecule has 0 bridgehead atoms. The molecule has 0 N–H and O–H groups in total. The predicted octanol–water partition coefficient (Wildman–Crippen LogP) is 3.11. The highest BCUT2D eigenvalue weighted by atomic mass is 16.5. The Bertz CT molecular complexity index is 473. The van der Waals surface area contributed by atoms with Crippen molar-refractivity contribution in [3.63, 3.8) is 0 Å². The van der Waals surface area contributed by atoms with Crippen molar-refractivity contribution in [3.05, 3.63) is 35.9 Å². The number of rotatable bonds is 4. The van der Waals surface area contributed by atoms with Crippen LogP contribution in [0.5, 0.6) is 0 Å². The van der Waals surface area contributed by atoms with Gasteiger partial charge in [-0.05, 0) is 25.3 Å². The minimum absolute atomic E-state index is 0.310. The number of hydrogen-bond acceptors (Lipinski definition) is 2. The maximum Gasteiger partial charge on any atom is 0.144 e. The zero-order valence-corrected chi connectivity index (χ0v) is 11.4. The summed E-state index contributed by atoms with van der Waals surface area (Å²) in [5.41, 5.74) is 0.780. The highest BCUT2D eigenvalue weighted by Gasteiger charge is 2.40. The molecule has 0 atom stereocenters. The molecule has 1 saturated heterocycles. The summed E-state index contributed by atoms with van der Waals surface area (Å²) in [7, 11) is 0. The zero-order valence-electron chi connectivity index (χ0n) is 11.4. The Hall–Kier alpha value is -1.59. The Labute approximate surface area is 115 Å². The number of ketones is 1. The van der Waals surface area contributed by atoms with E-state index in [0.29, 0.717) is 31.8 Å². The van der Waals surface area contributed by atoms with E-state index >= 15 is 0 Å². The lowest BCUT2D eigenvalue weighted by molar-refractivity contribution is -0.128. The summed E-state index contributed by atoms with van der Waals surface area (Å²) >= 11 is 0. The lowest BCUT2D eigenvalue weighted by Gasteiger charge is -2.36. The largest absolute Gasteiger partial charge is 0.381 e. The summed E-state index contributed by atoms with van der Waals surface area (Å²) in [5.74, 6) is 6.15. The van der Waals surface area contributed by atoms with Crippen LogP contribution in [0.3, 0.4) is 0 Å². The van der Waals surface area contributed by atoms with Gasteiger partial charge in [-0.25, -0.2) is 0 Å². The topological polar surface area (TPSA) is 26.3 Å². The van der Waals surface area contributed by atoms with Crippen molar-refractivity contribution in [2.24, 2.45) is 0 Å². The minimum atomic E-state index is -0.352. The van der Waals surface area contributed by atoms with Gasteiger partial charge in [-0.1, -0.05) is 30.3 Å². The van der Waals surface area contributed by atoms with Gasteiger partial charge in [0.25, 0.3) is 0 Å². The summed E-state index contributed by atoms with van der Waals surface area (Å²) < 4.78 is 5.44. The van der Waals surface area contributed by atoms with E-state index in [-0.39, 0.29) is 5.41 Å². The molecule has 0 amide bonds. The molecule has 2 heteroatoms. The molecule has 2 rings (SSSR count). The average Bonchev–Trinajstić information content (AvgIpc) is 2.49. The highest BCUT2D eigenvalue weighted by Crippen LogP contribution is 2.36. The zero-order chi connectivity index (χ0) is 13.6. The van der Waals surface area contributed by atoms with Gasteiger partial charge in [0, 0.05) is 26.1 Å². The van der Waals surface area contributed by atoms with Gasteiger partial charge in [0.05, 0.1) is 5.41 Å². The van der Waals surface area contributed by atoms with E-state index in [2.05, 4.69) is 24.0 Å². The highest BCUT2D eigenvalue weighted by molar-refractivity contribution is 5.90. The minimum Gasteiger partial charge on any atom is -0.381 e. The van der Waals surface area contributed by atoms with Crippen LogP contribution in [-0.4, -0.2) is 19.0 Å². The molecule has 19 heavy (non-hydrogen) atoms.